The van der Waals surface area contributed by atoms with Crippen molar-refractivity contribution < 1.29 is 9.59 Å². The van der Waals surface area contributed by atoms with E-state index in [1.54, 1.807) is 4.90 Å². The zero-order valence-electron chi connectivity index (χ0n) is 11.2. The number of likely N-dealkylation sites (tertiary alicyclic amines) is 1. The van der Waals surface area contributed by atoms with Gasteiger partial charge in [0, 0.05) is 6.04 Å². The molecule has 0 aromatic heterocycles. The summed E-state index contributed by atoms with van der Waals surface area (Å²) in [5.74, 6) is 0. The van der Waals surface area contributed by atoms with Gasteiger partial charge in [-0.05, 0) is 37.3 Å². The van der Waals surface area contributed by atoms with Crippen LogP contribution in [0.5, 0.6) is 0 Å². The smallest absolute Gasteiger partial charge is 0.210 e. The molecule has 4 heteroatoms. The molecular weight excluding hydrogens is 240 g/mol. The van der Waals surface area contributed by atoms with Crippen LogP contribution in [0.15, 0.2) is 24.3 Å². The van der Waals surface area contributed by atoms with E-state index in [1.807, 2.05) is 25.1 Å². The van der Waals surface area contributed by atoms with E-state index in [1.165, 1.54) is 5.56 Å². The highest BCUT2D eigenvalue weighted by atomic mass is 16.1. The van der Waals surface area contributed by atoms with Gasteiger partial charge in [0.1, 0.15) is 6.29 Å². The Balaban J connectivity index is 2.31. The van der Waals surface area contributed by atoms with Crippen LogP contribution in [-0.2, 0) is 16.0 Å². The Hall–Kier alpha value is -1.68. The van der Waals surface area contributed by atoms with E-state index in [-0.39, 0.29) is 18.1 Å². The molecule has 1 aromatic carbocycles. The zero-order valence-corrected chi connectivity index (χ0v) is 11.2. The standard InChI is InChI=1S/C15H20N2O2/c1-11(16)8-12-4-2-3-5-14(12)15-7-6-13(9-18)17(15)10-19/h2-5,9-11,13,15H,6-8,16H2,1H3. The summed E-state index contributed by atoms with van der Waals surface area (Å²) >= 11 is 0. The molecule has 2 N–H and O–H groups in total. The summed E-state index contributed by atoms with van der Waals surface area (Å²) in [7, 11) is 0. The van der Waals surface area contributed by atoms with Crippen molar-refractivity contribution in [1.82, 2.24) is 4.90 Å². The van der Waals surface area contributed by atoms with Gasteiger partial charge in [0.05, 0.1) is 12.1 Å². The molecular formula is C15H20N2O2. The van der Waals surface area contributed by atoms with Gasteiger partial charge in [-0.2, -0.15) is 0 Å². The van der Waals surface area contributed by atoms with E-state index >= 15 is 0 Å². The van der Waals surface area contributed by atoms with Crippen molar-refractivity contribution in [3.8, 4) is 0 Å². The fraction of sp³-hybridized carbons (Fsp3) is 0.467. The van der Waals surface area contributed by atoms with E-state index < -0.39 is 0 Å². The third-order valence-electron chi connectivity index (χ3n) is 3.71. The lowest BCUT2D eigenvalue weighted by Crippen LogP contribution is -2.32. The second-order valence-corrected chi connectivity index (χ2v) is 5.23. The SMILES string of the molecule is CC(N)Cc1ccccc1C1CCC(C=O)N1C=O. The lowest BCUT2D eigenvalue weighted by Gasteiger charge is -2.25. The molecule has 0 aliphatic carbocycles. The molecule has 1 amide bonds. The van der Waals surface area contributed by atoms with Crippen LogP contribution in [0.4, 0.5) is 0 Å². The Kier molecular flexibility index (Phi) is 4.32. The number of aldehydes is 1. The number of benzene rings is 1. The van der Waals surface area contributed by atoms with Crippen LogP contribution in [0.25, 0.3) is 0 Å². The maximum absolute atomic E-state index is 11.2. The van der Waals surface area contributed by atoms with Crippen molar-refractivity contribution in [2.75, 3.05) is 0 Å². The molecule has 1 saturated heterocycles. The molecule has 3 unspecified atom stereocenters. The summed E-state index contributed by atoms with van der Waals surface area (Å²) in [5.41, 5.74) is 8.16. The molecule has 3 atom stereocenters. The topological polar surface area (TPSA) is 63.4 Å². The first-order valence-electron chi connectivity index (χ1n) is 6.68. The molecule has 1 aromatic rings. The van der Waals surface area contributed by atoms with Crippen LogP contribution in [-0.4, -0.2) is 29.7 Å². The minimum absolute atomic E-state index is 0.00245. The summed E-state index contributed by atoms with van der Waals surface area (Å²) < 4.78 is 0. The molecule has 0 radical (unpaired) electrons. The number of carbonyl (C=O) groups excluding carboxylic acids is 2. The Morgan fingerprint density at radius 3 is 2.74 bits per heavy atom. The van der Waals surface area contributed by atoms with Gasteiger partial charge in [-0.15, -0.1) is 0 Å². The molecule has 1 heterocycles. The summed E-state index contributed by atoms with van der Waals surface area (Å²) in [6, 6.07) is 7.83. The van der Waals surface area contributed by atoms with Gasteiger partial charge in [-0.25, -0.2) is 0 Å². The number of rotatable bonds is 5. The minimum Gasteiger partial charge on any atom is -0.328 e. The van der Waals surface area contributed by atoms with Gasteiger partial charge in [0.2, 0.25) is 6.41 Å². The van der Waals surface area contributed by atoms with Crippen molar-refractivity contribution in [3.05, 3.63) is 35.4 Å². The molecule has 0 saturated carbocycles. The molecule has 19 heavy (non-hydrogen) atoms. The highest BCUT2D eigenvalue weighted by Crippen LogP contribution is 2.36. The summed E-state index contributed by atoms with van der Waals surface area (Å²) in [6.45, 7) is 1.97. The van der Waals surface area contributed by atoms with E-state index in [9.17, 15) is 9.59 Å². The van der Waals surface area contributed by atoms with E-state index in [4.69, 9.17) is 5.73 Å². The average molecular weight is 260 g/mol. The van der Waals surface area contributed by atoms with Crippen LogP contribution < -0.4 is 5.73 Å². The van der Waals surface area contributed by atoms with E-state index in [0.29, 0.717) is 0 Å². The van der Waals surface area contributed by atoms with Gasteiger partial charge in [-0.3, -0.25) is 4.79 Å². The van der Waals surface area contributed by atoms with Crippen LogP contribution in [0, 0.1) is 0 Å². The molecule has 1 aliphatic rings. The third kappa shape index (κ3) is 2.84. The first-order valence-corrected chi connectivity index (χ1v) is 6.68. The molecule has 0 spiro atoms. The van der Waals surface area contributed by atoms with Crippen LogP contribution in [0.1, 0.15) is 36.9 Å². The molecule has 4 nitrogen and oxygen atoms in total. The number of amides is 1. The van der Waals surface area contributed by atoms with Gasteiger partial charge >= 0.3 is 0 Å². The average Bonchev–Trinajstić information content (AvgIpc) is 2.81. The molecule has 102 valence electrons. The first-order chi connectivity index (χ1) is 9.17. The fourth-order valence-corrected chi connectivity index (χ4v) is 2.86. The summed E-state index contributed by atoms with van der Waals surface area (Å²) in [6.07, 6.45) is 4.00. The Bertz CT molecular complexity index is 459. The quantitative estimate of drug-likeness (QED) is 0.815. The van der Waals surface area contributed by atoms with Gasteiger partial charge < -0.3 is 15.4 Å². The molecule has 1 aliphatic heterocycles. The Morgan fingerprint density at radius 1 is 1.37 bits per heavy atom. The lowest BCUT2D eigenvalue weighted by molar-refractivity contribution is -0.125. The zero-order chi connectivity index (χ0) is 13.8. The van der Waals surface area contributed by atoms with Crippen LogP contribution >= 0.6 is 0 Å². The molecule has 2 rings (SSSR count). The van der Waals surface area contributed by atoms with Gasteiger partial charge in [0.25, 0.3) is 0 Å². The summed E-state index contributed by atoms with van der Waals surface area (Å²) in [4.78, 5) is 23.9. The van der Waals surface area contributed by atoms with Gasteiger partial charge in [0.15, 0.2) is 0 Å². The predicted octanol–water partition coefficient (Wildman–Crippen LogP) is 1.44. The van der Waals surface area contributed by atoms with Gasteiger partial charge in [-0.1, -0.05) is 24.3 Å². The van der Waals surface area contributed by atoms with Crippen LogP contribution in [0.2, 0.25) is 0 Å². The number of nitrogens with two attached hydrogens (primary N) is 1. The second kappa shape index (κ2) is 5.97. The molecule has 0 bridgehead atoms. The predicted molar refractivity (Wildman–Crippen MR) is 73.5 cm³/mol. The van der Waals surface area contributed by atoms with E-state index in [2.05, 4.69) is 6.07 Å². The van der Waals surface area contributed by atoms with Crippen molar-refractivity contribution in [2.24, 2.45) is 5.73 Å². The van der Waals surface area contributed by atoms with Crippen LogP contribution in [0.3, 0.4) is 0 Å². The molecule has 1 fully saturated rings. The fourth-order valence-electron chi connectivity index (χ4n) is 2.86. The summed E-state index contributed by atoms with van der Waals surface area (Å²) in [5, 5.41) is 0. The van der Waals surface area contributed by atoms with E-state index in [0.717, 1.165) is 37.5 Å². The maximum atomic E-state index is 11.2. The number of nitrogens with zero attached hydrogens (tertiary/aromatic N) is 1. The number of hydrogen-bond acceptors (Lipinski definition) is 3. The van der Waals surface area contributed by atoms with Crippen molar-refractivity contribution >= 4 is 12.7 Å². The largest absolute Gasteiger partial charge is 0.328 e. The highest BCUT2D eigenvalue weighted by Gasteiger charge is 2.33. The van der Waals surface area contributed by atoms with Crippen molar-refractivity contribution in [1.29, 1.82) is 0 Å². The maximum Gasteiger partial charge on any atom is 0.210 e. The normalized spacial score (nSPS) is 24.2. The number of carbonyl (C=O) groups is 2. The minimum atomic E-state index is -0.286. The monoisotopic (exact) mass is 260 g/mol. The van der Waals surface area contributed by atoms with Crippen molar-refractivity contribution in [2.45, 2.75) is 44.3 Å². The Morgan fingerprint density at radius 2 is 2.11 bits per heavy atom. The number of hydrogen-bond donors (Lipinski definition) is 1. The first kappa shape index (κ1) is 13.7. The lowest BCUT2D eigenvalue weighted by atomic mass is 9.95. The van der Waals surface area contributed by atoms with Crippen molar-refractivity contribution in [3.63, 3.8) is 0 Å². The second-order valence-electron chi connectivity index (χ2n) is 5.23. The Labute approximate surface area is 113 Å². The highest BCUT2D eigenvalue weighted by molar-refractivity contribution is 5.65. The third-order valence-corrected chi connectivity index (χ3v) is 3.71.